The van der Waals surface area contributed by atoms with E-state index in [1.165, 1.54) is 0 Å². The summed E-state index contributed by atoms with van der Waals surface area (Å²) in [5.74, 6) is 0.975. The molecule has 0 unspecified atom stereocenters. The van der Waals surface area contributed by atoms with Crippen LogP contribution in [-0.2, 0) is 0 Å². The average molecular weight is 277 g/mol. The van der Waals surface area contributed by atoms with Crippen LogP contribution in [-0.4, -0.2) is 29.8 Å². The highest BCUT2D eigenvalue weighted by Gasteiger charge is 2.29. The zero-order chi connectivity index (χ0) is 14.2. The van der Waals surface area contributed by atoms with Crippen LogP contribution >= 0.6 is 0 Å². The molecular formula is C17H15N3O. The lowest BCUT2D eigenvalue weighted by atomic mass is 9.98. The predicted octanol–water partition coefficient (Wildman–Crippen LogP) is 2.88. The standard InChI is InChI=1S/C17H15N3O/c21-19-16-12-6-1-2-7-13(12)17-18-10-5-11-20(17)15-9-4-3-8-14(15)16/h1-4,6-9,21H,5,10-11H2. The lowest BCUT2D eigenvalue weighted by Crippen LogP contribution is -2.36. The monoisotopic (exact) mass is 277 g/mol. The highest BCUT2D eigenvalue weighted by molar-refractivity contribution is 6.27. The van der Waals surface area contributed by atoms with Crippen molar-refractivity contribution >= 4 is 17.2 Å². The quantitative estimate of drug-likeness (QED) is 0.594. The maximum Gasteiger partial charge on any atom is 0.136 e. The Bertz CT molecular complexity index is 764. The van der Waals surface area contributed by atoms with Gasteiger partial charge in [0.1, 0.15) is 11.5 Å². The van der Waals surface area contributed by atoms with E-state index in [1.54, 1.807) is 0 Å². The van der Waals surface area contributed by atoms with E-state index in [9.17, 15) is 5.21 Å². The van der Waals surface area contributed by atoms with Gasteiger partial charge in [0.05, 0.1) is 5.69 Å². The number of para-hydroxylation sites is 1. The number of oxime groups is 1. The summed E-state index contributed by atoms with van der Waals surface area (Å²) in [4.78, 5) is 6.96. The maximum absolute atomic E-state index is 9.57. The Labute approximate surface area is 123 Å². The third-order valence-corrected chi connectivity index (χ3v) is 4.03. The van der Waals surface area contributed by atoms with Crippen LogP contribution in [0.1, 0.15) is 23.1 Å². The molecule has 0 bridgehead atoms. The molecule has 0 saturated heterocycles. The third-order valence-electron chi connectivity index (χ3n) is 4.03. The van der Waals surface area contributed by atoms with Crippen molar-refractivity contribution in [1.82, 2.24) is 0 Å². The van der Waals surface area contributed by atoms with Crippen molar-refractivity contribution in [2.75, 3.05) is 18.0 Å². The second kappa shape index (κ2) is 4.74. The van der Waals surface area contributed by atoms with Crippen molar-refractivity contribution in [3.8, 4) is 0 Å². The SMILES string of the molecule is ON=C1c2ccccc2C2=NCCCN2c2ccccc21. The summed E-state index contributed by atoms with van der Waals surface area (Å²) in [5, 5.41) is 13.2. The fourth-order valence-electron chi connectivity index (χ4n) is 3.12. The Morgan fingerprint density at radius 2 is 1.67 bits per heavy atom. The molecule has 2 aromatic carbocycles. The van der Waals surface area contributed by atoms with Crippen LogP contribution in [0.3, 0.4) is 0 Å². The van der Waals surface area contributed by atoms with Crippen molar-refractivity contribution < 1.29 is 5.21 Å². The molecule has 2 heterocycles. The van der Waals surface area contributed by atoms with Gasteiger partial charge < -0.3 is 10.1 Å². The first-order valence-corrected chi connectivity index (χ1v) is 7.13. The zero-order valence-electron chi connectivity index (χ0n) is 11.5. The largest absolute Gasteiger partial charge is 0.410 e. The van der Waals surface area contributed by atoms with Gasteiger partial charge in [0.15, 0.2) is 0 Å². The van der Waals surface area contributed by atoms with Gasteiger partial charge in [-0.1, -0.05) is 47.6 Å². The van der Waals surface area contributed by atoms with E-state index in [4.69, 9.17) is 4.99 Å². The average Bonchev–Trinajstić information content (AvgIpc) is 2.68. The number of rotatable bonds is 0. The topological polar surface area (TPSA) is 48.2 Å². The molecule has 2 aliphatic rings. The second-order valence-electron chi connectivity index (χ2n) is 5.22. The minimum absolute atomic E-state index is 0.610. The van der Waals surface area contributed by atoms with Crippen LogP contribution in [0.4, 0.5) is 5.69 Å². The van der Waals surface area contributed by atoms with Gasteiger partial charge in [0, 0.05) is 29.8 Å². The summed E-state index contributed by atoms with van der Waals surface area (Å²) in [5.41, 5.74) is 4.56. The van der Waals surface area contributed by atoms with Gasteiger partial charge in [0.2, 0.25) is 0 Å². The molecule has 104 valence electrons. The fraction of sp³-hybridized carbons (Fsp3) is 0.176. The molecular weight excluding hydrogens is 262 g/mol. The third kappa shape index (κ3) is 1.76. The number of nitrogens with zero attached hydrogens (tertiary/aromatic N) is 3. The molecule has 0 aromatic heterocycles. The first-order chi connectivity index (χ1) is 10.4. The van der Waals surface area contributed by atoms with E-state index in [0.29, 0.717) is 5.71 Å². The Morgan fingerprint density at radius 1 is 0.952 bits per heavy atom. The Morgan fingerprint density at radius 3 is 2.48 bits per heavy atom. The molecule has 2 aliphatic heterocycles. The van der Waals surface area contributed by atoms with Crippen molar-refractivity contribution in [2.45, 2.75) is 6.42 Å². The summed E-state index contributed by atoms with van der Waals surface area (Å²) >= 11 is 0. The van der Waals surface area contributed by atoms with E-state index < -0.39 is 0 Å². The number of fused-ring (bicyclic) bond motifs is 5. The summed E-state index contributed by atoms with van der Waals surface area (Å²) in [6, 6.07) is 16.0. The number of hydrogen-bond acceptors (Lipinski definition) is 4. The number of benzene rings is 2. The van der Waals surface area contributed by atoms with Crippen molar-refractivity contribution in [3.63, 3.8) is 0 Å². The molecule has 4 heteroatoms. The number of anilines is 1. The minimum atomic E-state index is 0.610. The predicted molar refractivity (Wildman–Crippen MR) is 83.7 cm³/mol. The highest BCUT2D eigenvalue weighted by atomic mass is 16.4. The van der Waals surface area contributed by atoms with Crippen LogP contribution in [0.5, 0.6) is 0 Å². The van der Waals surface area contributed by atoms with Crippen molar-refractivity contribution in [2.24, 2.45) is 10.1 Å². The minimum Gasteiger partial charge on any atom is -0.410 e. The zero-order valence-corrected chi connectivity index (χ0v) is 11.5. The molecule has 0 atom stereocenters. The van der Waals surface area contributed by atoms with Crippen LogP contribution < -0.4 is 4.90 Å². The van der Waals surface area contributed by atoms with E-state index in [-0.39, 0.29) is 0 Å². The van der Waals surface area contributed by atoms with Crippen LogP contribution in [0.15, 0.2) is 58.7 Å². The summed E-state index contributed by atoms with van der Waals surface area (Å²) in [6.07, 6.45) is 1.03. The van der Waals surface area contributed by atoms with Gasteiger partial charge in [-0.25, -0.2) is 0 Å². The normalized spacial score (nSPS) is 18.4. The smallest absolute Gasteiger partial charge is 0.136 e. The maximum atomic E-state index is 9.57. The van der Waals surface area contributed by atoms with Gasteiger partial charge in [-0.15, -0.1) is 0 Å². The van der Waals surface area contributed by atoms with E-state index >= 15 is 0 Å². The van der Waals surface area contributed by atoms with Crippen LogP contribution in [0.25, 0.3) is 0 Å². The van der Waals surface area contributed by atoms with E-state index in [2.05, 4.69) is 16.1 Å². The first kappa shape index (κ1) is 12.1. The van der Waals surface area contributed by atoms with Crippen LogP contribution in [0, 0.1) is 0 Å². The molecule has 4 nitrogen and oxygen atoms in total. The Hall–Kier alpha value is -2.62. The molecule has 21 heavy (non-hydrogen) atoms. The lowest BCUT2D eigenvalue weighted by Gasteiger charge is -2.29. The van der Waals surface area contributed by atoms with Crippen molar-refractivity contribution in [1.29, 1.82) is 0 Å². The highest BCUT2D eigenvalue weighted by Crippen LogP contribution is 2.32. The number of hydrogen-bond donors (Lipinski definition) is 1. The van der Waals surface area contributed by atoms with Gasteiger partial charge in [-0.05, 0) is 12.5 Å². The van der Waals surface area contributed by atoms with Crippen LogP contribution in [0.2, 0.25) is 0 Å². The number of amidine groups is 1. The van der Waals surface area contributed by atoms with Crippen molar-refractivity contribution in [3.05, 3.63) is 65.2 Å². The summed E-state index contributed by atoms with van der Waals surface area (Å²) in [7, 11) is 0. The molecule has 0 radical (unpaired) electrons. The van der Waals surface area contributed by atoms with Gasteiger partial charge in [-0.2, -0.15) is 0 Å². The lowest BCUT2D eigenvalue weighted by molar-refractivity contribution is 0.319. The van der Waals surface area contributed by atoms with E-state index in [0.717, 1.165) is 47.7 Å². The van der Waals surface area contributed by atoms with E-state index in [1.807, 2.05) is 42.5 Å². The first-order valence-electron chi connectivity index (χ1n) is 7.13. The van der Waals surface area contributed by atoms with Gasteiger partial charge >= 0.3 is 0 Å². The Kier molecular flexibility index (Phi) is 2.74. The molecule has 2 aromatic rings. The fourth-order valence-corrected chi connectivity index (χ4v) is 3.12. The molecule has 0 fully saturated rings. The molecule has 4 rings (SSSR count). The molecule has 0 saturated carbocycles. The summed E-state index contributed by atoms with van der Waals surface area (Å²) < 4.78 is 0. The Balaban J connectivity index is 2.09. The number of aliphatic imine (C=N–C) groups is 1. The molecule has 0 amide bonds. The van der Waals surface area contributed by atoms with Gasteiger partial charge in [0.25, 0.3) is 0 Å². The summed E-state index contributed by atoms with van der Waals surface area (Å²) in [6.45, 7) is 1.77. The molecule has 1 N–H and O–H groups in total. The van der Waals surface area contributed by atoms with Gasteiger partial charge in [-0.3, -0.25) is 4.99 Å². The molecule has 0 spiro atoms. The second-order valence-corrected chi connectivity index (χ2v) is 5.22. The molecule has 0 aliphatic carbocycles.